The van der Waals surface area contributed by atoms with Crippen LogP contribution in [0.4, 0.5) is 0 Å². The van der Waals surface area contributed by atoms with Crippen LogP contribution in [0.3, 0.4) is 0 Å². The third-order valence-electron chi connectivity index (χ3n) is 4.11. The third kappa shape index (κ3) is 3.52. The van der Waals surface area contributed by atoms with Crippen LogP contribution in [0.15, 0.2) is 53.4 Å². The molecule has 0 aromatic heterocycles. The van der Waals surface area contributed by atoms with Crippen molar-refractivity contribution >= 4 is 21.8 Å². The first-order chi connectivity index (χ1) is 12.4. The molecule has 1 saturated heterocycles. The van der Waals surface area contributed by atoms with Gasteiger partial charge in [-0.05, 0) is 18.2 Å². The fourth-order valence-electron chi connectivity index (χ4n) is 2.76. The monoisotopic (exact) mass is 375 g/mol. The first-order valence-electron chi connectivity index (χ1n) is 7.96. The van der Waals surface area contributed by atoms with E-state index in [0.717, 1.165) is 0 Å². The van der Waals surface area contributed by atoms with Crippen molar-refractivity contribution in [1.82, 2.24) is 4.31 Å². The lowest BCUT2D eigenvalue weighted by atomic mass is 9.98. The van der Waals surface area contributed by atoms with E-state index in [1.807, 2.05) is 0 Å². The number of hydrogen-bond acceptors (Lipinski definition) is 5. The molecule has 0 spiro atoms. The van der Waals surface area contributed by atoms with Crippen LogP contribution in [0.1, 0.15) is 26.3 Å². The molecule has 0 aliphatic carbocycles. The molecular weight excluding hydrogens is 358 g/mol. The summed E-state index contributed by atoms with van der Waals surface area (Å²) in [6.07, 6.45) is 0. The molecule has 2 aromatic rings. The molecule has 1 fully saturated rings. The zero-order valence-electron chi connectivity index (χ0n) is 13.8. The zero-order chi connectivity index (χ0) is 18.7. The van der Waals surface area contributed by atoms with Gasteiger partial charge in [0.05, 0.1) is 23.7 Å². The molecule has 136 valence electrons. The van der Waals surface area contributed by atoms with Gasteiger partial charge < -0.3 is 9.84 Å². The van der Waals surface area contributed by atoms with Crippen LogP contribution in [-0.2, 0) is 14.8 Å². The number of morpholine rings is 1. The number of aromatic carboxylic acids is 1. The van der Waals surface area contributed by atoms with Crippen LogP contribution >= 0.6 is 0 Å². The van der Waals surface area contributed by atoms with Crippen LogP contribution in [0.5, 0.6) is 0 Å². The van der Waals surface area contributed by atoms with Crippen molar-refractivity contribution in [3.05, 3.63) is 65.2 Å². The molecule has 8 heteroatoms. The van der Waals surface area contributed by atoms with Crippen molar-refractivity contribution in [3.63, 3.8) is 0 Å². The summed E-state index contributed by atoms with van der Waals surface area (Å²) in [5.74, 6) is -1.76. The highest BCUT2D eigenvalue weighted by atomic mass is 32.2. The molecule has 0 unspecified atom stereocenters. The van der Waals surface area contributed by atoms with E-state index >= 15 is 0 Å². The van der Waals surface area contributed by atoms with Crippen molar-refractivity contribution in [2.24, 2.45) is 0 Å². The summed E-state index contributed by atoms with van der Waals surface area (Å²) in [7, 11) is -3.74. The SMILES string of the molecule is O=C(O)c1ccccc1C(=O)c1cccc(S(=O)(=O)N2CCOCC2)c1. The standard InChI is InChI=1S/C18H17NO6S/c20-17(15-6-1-2-7-16(15)18(21)22)13-4-3-5-14(12-13)26(23,24)19-8-10-25-11-9-19/h1-7,12H,8-11H2,(H,21,22). The lowest BCUT2D eigenvalue weighted by Gasteiger charge is -2.26. The van der Waals surface area contributed by atoms with Gasteiger partial charge in [0.2, 0.25) is 10.0 Å². The molecule has 1 aliphatic heterocycles. The summed E-state index contributed by atoms with van der Waals surface area (Å²) >= 11 is 0. The number of carbonyl (C=O) groups excluding carboxylic acids is 1. The summed E-state index contributed by atoms with van der Waals surface area (Å²) in [5, 5.41) is 9.25. The Hall–Kier alpha value is -2.55. The van der Waals surface area contributed by atoms with Gasteiger partial charge in [-0.15, -0.1) is 0 Å². The predicted molar refractivity (Wildman–Crippen MR) is 92.9 cm³/mol. The maximum atomic E-state index is 12.7. The Morgan fingerprint density at radius 1 is 0.962 bits per heavy atom. The number of nitrogens with zero attached hydrogens (tertiary/aromatic N) is 1. The lowest BCUT2D eigenvalue weighted by molar-refractivity contribution is 0.0692. The van der Waals surface area contributed by atoms with E-state index in [4.69, 9.17) is 4.74 Å². The first kappa shape index (κ1) is 18.2. The minimum Gasteiger partial charge on any atom is -0.478 e. The topological polar surface area (TPSA) is 101 Å². The van der Waals surface area contributed by atoms with Gasteiger partial charge in [0.15, 0.2) is 5.78 Å². The molecule has 0 amide bonds. The minimum atomic E-state index is -3.74. The summed E-state index contributed by atoms with van der Waals surface area (Å²) in [6.45, 7) is 1.15. The maximum Gasteiger partial charge on any atom is 0.336 e. The van der Waals surface area contributed by atoms with E-state index < -0.39 is 21.8 Å². The Kier molecular flexibility index (Phi) is 5.17. The van der Waals surface area contributed by atoms with Crippen molar-refractivity contribution < 1.29 is 27.9 Å². The third-order valence-corrected chi connectivity index (χ3v) is 6.00. The Balaban J connectivity index is 1.97. The Bertz CT molecular complexity index is 948. The number of carbonyl (C=O) groups is 2. The summed E-state index contributed by atoms with van der Waals surface area (Å²) in [4.78, 5) is 24.1. The van der Waals surface area contributed by atoms with Crippen molar-refractivity contribution in [2.45, 2.75) is 4.90 Å². The Labute approximate surface area is 150 Å². The fourth-order valence-corrected chi connectivity index (χ4v) is 4.21. The van der Waals surface area contributed by atoms with E-state index in [1.165, 1.54) is 46.8 Å². The van der Waals surface area contributed by atoms with Crippen LogP contribution in [0, 0.1) is 0 Å². The first-order valence-corrected chi connectivity index (χ1v) is 9.40. The highest BCUT2D eigenvalue weighted by molar-refractivity contribution is 7.89. The average Bonchev–Trinajstić information content (AvgIpc) is 2.68. The van der Waals surface area contributed by atoms with E-state index in [1.54, 1.807) is 6.07 Å². The number of ether oxygens (including phenoxy) is 1. The van der Waals surface area contributed by atoms with E-state index in [2.05, 4.69) is 0 Å². The predicted octanol–water partition coefficient (Wildman–Crippen LogP) is 1.64. The number of benzene rings is 2. The van der Waals surface area contributed by atoms with Crippen LogP contribution < -0.4 is 0 Å². The van der Waals surface area contributed by atoms with Gasteiger partial charge in [-0.3, -0.25) is 4.79 Å². The fraction of sp³-hybridized carbons (Fsp3) is 0.222. The van der Waals surface area contributed by atoms with Gasteiger partial charge in [0, 0.05) is 24.2 Å². The second-order valence-corrected chi connectivity index (χ2v) is 7.66. The molecule has 1 heterocycles. The second-order valence-electron chi connectivity index (χ2n) is 5.72. The van der Waals surface area contributed by atoms with E-state index in [0.29, 0.717) is 13.2 Å². The molecule has 0 radical (unpaired) electrons. The zero-order valence-corrected chi connectivity index (χ0v) is 14.6. The Morgan fingerprint density at radius 3 is 2.27 bits per heavy atom. The lowest BCUT2D eigenvalue weighted by Crippen LogP contribution is -2.40. The molecule has 1 N–H and O–H groups in total. The molecule has 0 atom stereocenters. The van der Waals surface area contributed by atoms with Crippen LogP contribution in [0.2, 0.25) is 0 Å². The van der Waals surface area contributed by atoms with Gasteiger partial charge in [-0.25, -0.2) is 13.2 Å². The number of carboxylic acid groups (broad SMARTS) is 1. The average molecular weight is 375 g/mol. The molecule has 1 aliphatic rings. The van der Waals surface area contributed by atoms with Crippen molar-refractivity contribution in [2.75, 3.05) is 26.3 Å². The summed E-state index contributed by atoms with van der Waals surface area (Å²) < 4.78 is 32.0. The maximum absolute atomic E-state index is 12.7. The molecular formula is C18H17NO6S. The van der Waals surface area contributed by atoms with Gasteiger partial charge in [-0.1, -0.05) is 30.3 Å². The van der Waals surface area contributed by atoms with Crippen LogP contribution in [-0.4, -0.2) is 55.9 Å². The number of hydrogen-bond donors (Lipinski definition) is 1. The molecule has 2 aromatic carbocycles. The van der Waals surface area contributed by atoms with Crippen molar-refractivity contribution in [3.8, 4) is 0 Å². The normalized spacial score (nSPS) is 15.5. The largest absolute Gasteiger partial charge is 0.478 e. The highest BCUT2D eigenvalue weighted by Gasteiger charge is 2.27. The van der Waals surface area contributed by atoms with Gasteiger partial charge in [0.1, 0.15) is 0 Å². The number of rotatable bonds is 5. The van der Waals surface area contributed by atoms with Crippen molar-refractivity contribution in [1.29, 1.82) is 0 Å². The van der Waals surface area contributed by atoms with E-state index in [-0.39, 0.29) is 34.7 Å². The minimum absolute atomic E-state index is 0.00180. The Morgan fingerprint density at radius 2 is 1.62 bits per heavy atom. The molecule has 0 bridgehead atoms. The molecule has 7 nitrogen and oxygen atoms in total. The smallest absolute Gasteiger partial charge is 0.336 e. The van der Waals surface area contributed by atoms with Crippen LogP contribution in [0.25, 0.3) is 0 Å². The highest BCUT2D eigenvalue weighted by Crippen LogP contribution is 2.21. The molecule has 26 heavy (non-hydrogen) atoms. The van der Waals surface area contributed by atoms with Gasteiger partial charge in [-0.2, -0.15) is 4.31 Å². The van der Waals surface area contributed by atoms with Gasteiger partial charge >= 0.3 is 5.97 Å². The van der Waals surface area contributed by atoms with Gasteiger partial charge in [0.25, 0.3) is 0 Å². The quantitative estimate of drug-likeness (QED) is 0.797. The summed E-state index contributed by atoms with van der Waals surface area (Å²) in [6, 6.07) is 11.5. The second kappa shape index (κ2) is 7.36. The molecule has 3 rings (SSSR count). The molecule has 0 saturated carbocycles. The number of carboxylic acids is 1. The number of ketones is 1. The summed E-state index contributed by atoms with van der Waals surface area (Å²) in [5.41, 5.74) is 0.00731. The number of sulfonamides is 1. The van der Waals surface area contributed by atoms with E-state index in [9.17, 15) is 23.1 Å².